The van der Waals surface area contributed by atoms with Crippen LogP contribution in [0.4, 0.5) is 5.69 Å². The van der Waals surface area contributed by atoms with Crippen molar-refractivity contribution in [1.29, 1.82) is 0 Å². The van der Waals surface area contributed by atoms with E-state index in [-0.39, 0.29) is 0 Å². The molecule has 1 aromatic carbocycles. The summed E-state index contributed by atoms with van der Waals surface area (Å²) in [5.41, 5.74) is 1.22. The Kier molecular flexibility index (Phi) is 2.12. The highest BCUT2D eigenvalue weighted by atomic mass is 28.1. The highest BCUT2D eigenvalue weighted by Crippen LogP contribution is 2.06. The van der Waals surface area contributed by atoms with Crippen LogP contribution in [0.1, 0.15) is 0 Å². The van der Waals surface area contributed by atoms with Crippen molar-refractivity contribution in [3.05, 3.63) is 24.3 Å². The number of rotatable bonds is 1. The first-order valence-corrected chi connectivity index (χ1v) is 3.69. The topological polar surface area (TPSA) is 3.24 Å². The van der Waals surface area contributed by atoms with Gasteiger partial charge in [0.25, 0.3) is 0 Å². The molecule has 0 spiro atoms. The first-order chi connectivity index (χ1) is 4.70. The highest BCUT2D eigenvalue weighted by molar-refractivity contribution is 6.32. The largest absolute Gasteiger partial charge is 0.378 e. The van der Waals surface area contributed by atoms with Gasteiger partial charge in [-0.2, -0.15) is 0 Å². The number of anilines is 1. The van der Waals surface area contributed by atoms with Gasteiger partial charge in [0.2, 0.25) is 0 Å². The van der Waals surface area contributed by atoms with Gasteiger partial charge in [0.15, 0.2) is 0 Å². The minimum absolute atomic E-state index is 1.12. The summed E-state index contributed by atoms with van der Waals surface area (Å²) in [5.74, 6) is 0. The van der Waals surface area contributed by atoms with Crippen molar-refractivity contribution < 1.29 is 0 Å². The monoisotopic (exact) mass is 148 g/mol. The standard InChI is InChI=1S/C8H10NSi/c1-9(2)7-3-5-8(10)6-4-7/h3-6H,1-2H3. The second-order valence-electron chi connectivity index (χ2n) is 2.44. The average Bonchev–Trinajstić information content (AvgIpc) is 1.88. The van der Waals surface area contributed by atoms with Crippen LogP contribution in [-0.4, -0.2) is 24.3 Å². The Morgan fingerprint density at radius 1 is 1.10 bits per heavy atom. The molecule has 1 rings (SSSR count). The van der Waals surface area contributed by atoms with Gasteiger partial charge in [-0.15, -0.1) is 0 Å². The van der Waals surface area contributed by atoms with Crippen molar-refractivity contribution in [2.75, 3.05) is 19.0 Å². The van der Waals surface area contributed by atoms with Crippen LogP contribution in [0.25, 0.3) is 0 Å². The zero-order valence-corrected chi connectivity index (χ0v) is 7.26. The van der Waals surface area contributed by atoms with E-state index in [1.165, 1.54) is 5.69 Å². The van der Waals surface area contributed by atoms with E-state index in [0.717, 1.165) is 5.19 Å². The summed E-state index contributed by atoms with van der Waals surface area (Å²) in [4.78, 5) is 2.08. The van der Waals surface area contributed by atoms with E-state index in [9.17, 15) is 0 Å². The fourth-order valence-electron chi connectivity index (χ4n) is 0.760. The van der Waals surface area contributed by atoms with Crippen LogP contribution in [0, 0.1) is 0 Å². The van der Waals surface area contributed by atoms with Gasteiger partial charge >= 0.3 is 0 Å². The molecule has 0 aromatic heterocycles. The predicted octanol–water partition coefficient (Wildman–Crippen LogP) is 0.546. The summed E-state index contributed by atoms with van der Waals surface area (Å²) < 4.78 is 0. The van der Waals surface area contributed by atoms with Crippen LogP contribution in [0.3, 0.4) is 0 Å². The minimum atomic E-state index is 1.12. The lowest BCUT2D eigenvalue weighted by molar-refractivity contribution is 1.13. The molecule has 0 heterocycles. The fraction of sp³-hybridized carbons (Fsp3) is 0.250. The first-order valence-electron chi connectivity index (χ1n) is 3.19. The van der Waals surface area contributed by atoms with Crippen LogP contribution in [-0.2, 0) is 0 Å². The van der Waals surface area contributed by atoms with E-state index in [1.807, 2.05) is 26.2 Å². The Morgan fingerprint density at radius 2 is 1.60 bits per heavy atom. The third-order valence-corrected chi connectivity index (χ3v) is 1.72. The molecule has 0 saturated carbocycles. The van der Waals surface area contributed by atoms with E-state index in [0.29, 0.717) is 0 Å². The van der Waals surface area contributed by atoms with Crippen molar-refractivity contribution in [3.63, 3.8) is 0 Å². The number of nitrogens with zero attached hydrogens (tertiary/aromatic N) is 1. The SMILES string of the molecule is CN(C)c1ccc([Si])cc1. The molecule has 0 unspecified atom stereocenters. The summed E-state index contributed by atoms with van der Waals surface area (Å²) in [5, 5.41) is 1.12. The molecule has 0 N–H and O–H groups in total. The number of hydrogen-bond acceptors (Lipinski definition) is 1. The van der Waals surface area contributed by atoms with Gasteiger partial charge < -0.3 is 4.90 Å². The molecule has 1 aromatic rings. The van der Waals surface area contributed by atoms with Gasteiger partial charge in [-0.3, -0.25) is 0 Å². The molecule has 0 aliphatic carbocycles. The maximum absolute atomic E-state index is 3.42. The first kappa shape index (κ1) is 7.35. The summed E-state index contributed by atoms with van der Waals surface area (Å²) in [6.45, 7) is 0. The van der Waals surface area contributed by atoms with Gasteiger partial charge in [0, 0.05) is 19.8 Å². The fourth-order valence-corrected chi connectivity index (χ4v) is 0.926. The molecule has 1 nitrogen and oxygen atoms in total. The van der Waals surface area contributed by atoms with Gasteiger partial charge in [-0.1, -0.05) is 17.3 Å². The van der Waals surface area contributed by atoms with Crippen molar-refractivity contribution in [1.82, 2.24) is 0 Å². The molecule has 10 heavy (non-hydrogen) atoms. The molecule has 0 bridgehead atoms. The molecular weight excluding hydrogens is 138 g/mol. The van der Waals surface area contributed by atoms with Crippen LogP contribution in [0.2, 0.25) is 0 Å². The van der Waals surface area contributed by atoms with E-state index < -0.39 is 0 Å². The quantitative estimate of drug-likeness (QED) is 0.526. The van der Waals surface area contributed by atoms with Gasteiger partial charge in [-0.25, -0.2) is 0 Å². The lowest BCUT2D eigenvalue weighted by Crippen LogP contribution is -2.10. The zero-order valence-electron chi connectivity index (χ0n) is 6.26. The van der Waals surface area contributed by atoms with Crippen LogP contribution in [0.5, 0.6) is 0 Å². The number of benzene rings is 1. The second-order valence-corrected chi connectivity index (χ2v) is 3.02. The Hall–Kier alpha value is -0.763. The van der Waals surface area contributed by atoms with Gasteiger partial charge in [0.05, 0.1) is 10.2 Å². The van der Waals surface area contributed by atoms with Crippen molar-refractivity contribution in [3.8, 4) is 0 Å². The van der Waals surface area contributed by atoms with Gasteiger partial charge in [0.1, 0.15) is 0 Å². The maximum Gasteiger partial charge on any atom is 0.0711 e. The van der Waals surface area contributed by atoms with E-state index >= 15 is 0 Å². The maximum atomic E-state index is 3.42. The predicted molar refractivity (Wildman–Crippen MR) is 46.2 cm³/mol. The summed E-state index contributed by atoms with van der Waals surface area (Å²) in [7, 11) is 7.48. The van der Waals surface area contributed by atoms with E-state index in [4.69, 9.17) is 0 Å². The summed E-state index contributed by atoms with van der Waals surface area (Å²) in [6, 6.07) is 8.21. The minimum Gasteiger partial charge on any atom is -0.378 e. The summed E-state index contributed by atoms with van der Waals surface area (Å²) in [6.07, 6.45) is 0. The Morgan fingerprint density at radius 3 is 2.00 bits per heavy atom. The Labute approximate surface area is 65.1 Å². The molecule has 0 aliphatic heterocycles. The molecule has 0 aliphatic rings. The van der Waals surface area contributed by atoms with Crippen molar-refractivity contribution in [2.24, 2.45) is 0 Å². The van der Waals surface area contributed by atoms with Crippen LogP contribution >= 0.6 is 0 Å². The molecule has 2 heteroatoms. The van der Waals surface area contributed by atoms with E-state index in [1.54, 1.807) is 0 Å². The lowest BCUT2D eigenvalue weighted by atomic mass is 10.3. The smallest absolute Gasteiger partial charge is 0.0711 e. The molecule has 3 radical (unpaired) electrons. The lowest BCUT2D eigenvalue weighted by Gasteiger charge is -2.11. The molecule has 0 amide bonds. The number of hydrogen-bond donors (Lipinski definition) is 0. The molecule has 0 saturated heterocycles. The van der Waals surface area contributed by atoms with E-state index in [2.05, 4.69) is 27.3 Å². The average molecular weight is 148 g/mol. The molecular formula is C8H10NSi. The van der Waals surface area contributed by atoms with Crippen LogP contribution < -0.4 is 10.1 Å². The molecule has 0 atom stereocenters. The molecule has 51 valence electrons. The molecule has 0 fully saturated rings. The second kappa shape index (κ2) is 2.88. The Balaban J connectivity index is 2.89. The van der Waals surface area contributed by atoms with Crippen LogP contribution in [0.15, 0.2) is 24.3 Å². The zero-order chi connectivity index (χ0) is 7.56. The summed E-state index contributed by atoms with van der Waals surface area (Å²) >= 11 is 0. The third kappa shape index (κ3) is 1.61. The Bertz CT molecular complexity index is 203. The van der Waals surface area contributed by atoms with Gasteiger partial charge in [-0.05, 0) is 12.1 Å². The normalized spacial score (nSPS) is 9.50. The van der Waals surface area contributed by atoms with Crippen molar-refractivity contribution in [2.45, 2.75) is 0 Å². The highest BCUT2D eigenvalue weighted by Gasteiger charge is 1.90. The van der Waals surface area contributed by atoms with Crippen molar-refractivity contribution >= 4 is 21.1 Å². The third-order valence-electron chi connectivity index (χ3n) is 1.38.